The van der Waals surface area contributed by atoms with Crippen LogP contribution in [0.2, 0.25) is 0 Å². The van der Waals surface area contributed by atoms with E-state index in [1.54, 1.807) is 56.3 Å². The zero-order valence-corrected chi connectivity index (χ0v) is 23.5. The van der Waals surface area contributed by atoms with Crippen molar-refractivity contribution in [1.29, 1.82) is 0 Å². The Balaban J connectivity index is 2.02. The van der Waals surface area contributed by atoms with Crippen LogP contribution in [0.25, 0.3) is 0 Å². The maximum absolute atomic E-state index is 13.9. The highest BCUT2D eigenvalue weighted by atomic mass is 32.2. The number of carbonyl (C=O) groups is 2. The van der Waals surface area contributed by atoms with Crippen LogP contribution < -0.4 is 9.62 Å². The molecule has 0 fully saturated rings. The molecule has 3 rings (SSSR count). The van der Waals surface area contributed by atoms with Crippen LogP contribution in [0.5, 0.6) is 0 Å². The molecule has 0 aliphatic heterocycles. The average Bonchev–Trinajstić information content (AvgIpc) is 2.91. The number of hydrogen-bond donors (Lipinski definition) is 1. The molecule has 0 spiro atoms. The molecule has 38 heavy (non-hydrogen) atoms. The number of nitrogens with zero attached hydrogens (tertiary/aromatic N) is 2. The molecule has 202 valence electrons. The number of sulfonamides is 1. The van der Waals surface area contributed by atoms with Crippen molar-refractivity contribution in [3.8, 4) is 0 Å². The number of hydrogen-bond acceptors (Lipinski definition) is 4. The van der Waals surface area contributed by atoms with Crippen LogP contribution in [0.15, 0.2) is 83.8 Å². The summed E-state index contributed by atoms with van der Waals surface area (Å²) in [7, 11) is -4.08. The van der Waals surface area contributed by atoms with Crippen LogP contribution in [0, 0.1) is 13.8 Å². The number of para-hydroxylation sites is 1. The number of rotatable bonds is 11. The second kappa shape index (κ2) is 12.7. The summed E-state index contributed by atoms with van der Waals surface area (Å²) in [4.78, 5) is 28.5. The predicted molar refractivity (Wildman–Crippen MR) is 151 cm³/mol. The Morgan fingerprint density at radius 1 is 0.868 bits per heavy atom. The molecule has 3 aromatic rings. The van der Waals surface area contributed by atoms with Gasteiger partial charge in [0, 0.05) is 12.6 Å². The zero-order valence-electron chi connectivity index (χ0n) is 22.7. The lowest BCUT2D eigenvalue weighted by Gasteiger charge is -2.33. The Hall–Kier alpha value is -3.65. The van der Waals surface area contributed by atoms with Gasteiger partial charge in [0.05, 0.1) is 10.6 Å². The van der Waals surface area contributed by atoms with E-state index in [1.165, 1.54) is 4.90 Å². The van der Waals surface area contributed by atoms with Crippen molar-refractivity contribution in [2.24, 2.45) is 0 Å². The van der Waals surface area contributed by atoms with E-state index in [2.05, 4.69) is 5.32 Å². The standard InChI is InChI=1S/C30H37N3O4S/c1-6-24(4)31-30(35)25(5)32(20-26-13-8-7-9-14-26)29(34)21-33(28-15-11-10-12-23(28)3)38(36,37)27-18-16-22(2)17-19-27/h7-19,24-25H,6,20-21H2,1-5H3,(H,31,35). The summed E-state index contributed by atoms with van der Waals surface area (Å²) in [6.45, 7) is 8.95. The molecule has 3 aromatic carbocycles. The molecule has 2 unspecified atom stereocenters. The van der Waals surface area contributed by atoms with E-state index < -0.39 is 28.5 Å². The first-order chi connectivity index (χ1) is 18.0. The fourth-order valence-electron chi connectivity index (χ4n) is 4.02. The van der Waals surface area contributed by atoms with Gasteiger partial charge in [-0.05, 0) is 63.4 Å². The van der Waals surface area contributed by atoms with E-state index in [1.807, 2.05) is 57.2 Å². The Morgan fingerprint density at radius 2 is 1.47 bits per heavy atom. The molecule has 0 saturated carbocycles. The fourth-order valence-corrected chi connectivity index (χ4v) is 5.50. The van der Waals surface area contributed by atoms with Crippen molar-refractivity contribution in [3.05, 3.63) is 95.6 Å². The van der Waals surface area contributed by atoms with Crippen molar-refractivity contribution >= 4 is 27.5 Å². The molecule has 2 amide bonds. The molecule has 0 aliphatic carbocycles. The first kappa shape index (κ1) is 28.9. The van der Waals surface area contributed by atoms with Crippen molar-refractivity contribution in [1.82, 2.24) is 10.2 Å². The Kier molecular flexibility index (Phi) is 9.69. The average molecular weight is 536 g/mol. The van der Waals surface area contributed by atoms with Crippen molar-refractivity contribution < 1.29 is 18.0 Å². The highest BCUT2D eigenvalue weighted by Gasteiger charge is 2.33. The van der Waals surface area contributed by atoms with E-state index in [4.69, 9.17) is 0 Å². The minimum atomic E-state index is -4.08. The van der Waals surface area contributed by atoms with Gasteiger partial charge in [0.1, 0.15) is 12.6 Å². The molecule has 0 bridgehead atoms. The molecule has 8 heteroatoms. The first-order valence-electron chi connectivity index (χ1n) is 12.8. The van der Waals surface area contributed by atoms with Crippen LogP contribution in [0.4, 0.5) is 5.69 Å². The zero-order chi connectivity index (χ0) is 27.9. The molecule has 1 N–H and O–H groups in total. The molecule has 2 atom stereocenters. The van der Waals surface area contributed by atoms with Gasteiger partial charge in [-0.25, -0.2) is 8.42 Å². The summed E-state index contributed by atoms with van der Waals surface area (Å²) in [6.07, 6.45) is 0.751. The molecule has 0 saturated heterocycles. The van der Waals surface area contributed by atoms with Crippen molar-refractivity contribution in [3.63, 3.8) is 0 Å². The summed E-state index contributed by atoms with van der Waals surface area (Å²) >= 11 is 0. The number of aryl methyl sites for hydroxylation is 2. The van der Waals surface area contributed by atoms with Crippen molar-refractivity contribution in [2.45, 2.75) is 64.6 Å². The van der Waals surface area contributed by atoms with Crippen molar-refractivity contribution in [2.75, 3.05) is 10.8 Å². The SMILES string of the molecule is CCC(C)NC(=O)C(C)N(Cc1ccccc1)C(=O)CN(c1ccccc1C)S(=O)(=O)c1ccc(C)cc1. The lowest BCUT2D eigenvalue weighted by atomic mass is 10.1. The van der Waals surface area contributed by atoms with Gasteiger partial charge in [-0.3, -0.25) is 13.9 Å². The van der Waals surface area contributed by atoms with Gasteiger partial charge in [0.25, 0.3) is 10.0 Å². The molecular formula is C30H37N3O4S. The molecule has 0 aromatic heterocycles. The topological polar surface area (TPSA) is 86.8 Å². The normalized spacial score (nSPS) is 12.9. The van der Waals surface area contributed by atoms with Gasteiger partial charge in [-0.1, -0.05) is 73.2 Å². The number of nitrogens with one attached hydrogen (secondary N) is 1. The molecule has 0 radical (unpaired) electrons. The third-order valence-electron chi connectivity index (χ3n) is 6.64. The first-order valence-corrected chi connectivity index (χ1v) is 14.3. The minimum Gasteiger partial charge on any atom is -0.352 e. The van der Waals surface area contributed by atoms with E-state index >= 15 is 0 Å². The smallest absolute Gasteiger partial charge is 0.264 e. The van der Waals surface area contributed by atoms with Gasteiger partial charge in [0.15, 0.2) is 0 Å². The highest BCUT2D eigenvalue weighted by Crippen LogP contribution is 2.27. The second-order valence-electron chi connectivity index (χ2n) is 9.61. The lowest BCUT2D eigenvalue weighted by Crippen LogP contribution is -2.52. The van der Waals surface area contributed by atoms with E-state index in [9.17, 15) is 18.0 Å². The highest BCUT2D eigenvalue weighted by molar-refractivity contribution is 7.92. The molecular weight excluding hydrogens is 498 g/mol. The van der Waals surface area contributed by atoms with Crippen LogP contribution >= 0.6 is 0 Å². The summed E-state index contributed by atoms with van der Waals surface area (Å²) in [5.41, 5.74) is 2.90. The van der Waals surface area contributed by atoms with E-state index in [0.29, 0.717) is 11.3 Å². The summed E-state index contributed by atoms with van der Waals surface area (Å²) < 4.78 is 28.9. The Labute approximate surface area is 226 Å². The summed E-state index contributed by atoms with van der Waals surface area (Å²) in [5.74, 6) is -0.757. The number of benzene rings is 3. The minimum absolute atomic E-state index is 0.0518. The van der Waals surface area contributed by atoms with E-state index in [-0.39, 0.29) is 23.4 Å². The van der Waals surface area contributed by atoms with Gasteiger partial charge in [-0.15, -0.1) is 0 Å². The quantitative estimate of drug-likeness (QED) is 0.381. The predicted octanol–water partition coefficient (Wildman–Crippen LogP) is 4.83. The third kappa shape index (κ3) is 7.01. The van der Waals surface area contributed by atoms with Gasteiger partial charge >= 0.3 is 0 Å². The second-order valence-corrected chi connectivity index (χ2v) is 11.5. The largest absolute Gasteiger partial charge is 0.352 e. The molecule has 0 aliphatic rings. The lowest BCUT2D eigenvalue weighted by molar-refractivity contribution is -0.139. The van der Waals surface area contributed by atoms with E-state index in [0.717, 1.165) is 21.9 Å². The van der Waals surface area contributed by atoms with Crippen LogP contribution in [0.1, 0.15) is 43.9 Å². The summed E-state index contributed by atoms with van der Waals surface area (Å²) in [6, 6.07) is 22.1. The maximum atomic E-state index is 13.9. The third-order valence-corrected chi connectivity index (χ3v) is 8.41. The monoisotopic (exact) mass is 535 g/mol. The fraction of sp³-hybridized carbons (Fsp3) is 0.333. The molecule has 7 nitrogen and oxygen atoms in total. The Morgan fingerprint density at radius 3 is 2.08 bits per heavy atom. The van der Waals surface area contributed by atoms with Crippen LogP contribution in [0.3, 0.4) is 0 Å². The maximum Gasteiger partial charge on any atom is 0.264 e. The van der Waals surface area contributed by atoms with Gasteiger partial charge in [0.2, 0.25) is 11.8 Å². The van der Waals surface area contributed by atoms with Crippen LogP contribution in [-0.4, -0.2) is 43.8 Å². The Bertz CT molecular complexity index is 1340. The number of carbonyl (C=O) groups excluding carboxylic acids is 2. The molecule has 0 heterocycles. The number of amides is 2. The van der Waals surface area contributed by atoms with Gasteiger partial charge < -0.3 is 10.2 Å². The number of anilines is 1. The summed E-state index contributed by atoms with van der Waals surface area (Å²) in [5, 5.41) is 2.94. The van der Waals surface area contributed by atoms with Crippen LogP contribution in [-0.2, 0) is 26.2 Å². The van der Waals surface area contributed by atoms with Gasteiger partial charge in [-0.2, -0.15) is 0 Å².